The fraction of sp³-hybridized carbons (Fsp3) is 0.333. The van der Waals surface area contributed by atoms with Gasteiger partial charge in [-0.3, -0.25) is 0 Å². The lowest BCUT2D eigenvalue weighted by molar-refractivity contribution is 0.0112. The zero-order chi connectivity index (χ0) is 24.2. The van der Waals surface area contributed by atoms with Crippen molar-refractivity contribution in [1.29, 1.82) is 0 Å². The normalized spacial score (nSPS) is 17.4. The molecule has 0 N–H and O–H groups in total. The van der Waals surface area contributed by atoms with E-state index in [1.165, 1.54) is 24.3 Å². The summed E-state index contributed by atoms with van der Waals surface area (Å²) < 4.78 is 31.2. The molecule has 0 atom stereocenters. The van der Waals surface area contributed by atoms with Gasteiger partial charge in [-0.15, -0.1) is 0 Å². The number of carbonyl (C=O) groups excluding carboxylic acids is 4. The van der Waals surface area contributed by atoms with Gasteiger partial charge in [0.25, 0.3) is 0 Å². The quantitative estimate of drug-likeness (QED) is 0.416. The molecule has 10 nitrogen and oxygen atoms in total. The molecule has 2 aromatic rings. The van der Waals surface area contributed by atoms with Gasteiger partial charge in [-0.1, -0.05) is 24.3 Å². The fourth-order valence-electron chi connectivity index (χ4n) is 2.97. The lowest BCUT2D eigenvalue weighted by Gasteiger charge is -2.12. The van der Waals surface area contributed by atoms with Gasteiger partial charge in [-0.25, -0.2) is 19.2 Å². The summed E-state index contributed by atoms with van der Waals surface area (Å²) in [6.45, 7) is -0.0761. The molecule has 2 aromatic carbocycles. The second-order valence-electron chi connectivity index (χ2n) is 6.86. The average Bonchev–Trinajstić information content (AvgIpc) is 2.86. The van der Waals surface area contributed by atoms with E-state index in [4.69, 9.17) is 28.4 Å². The minimum Gasteiger partial charge on any atom is -0.460 e. The molecule has 0 spiro atoms. The van der Waals surface area contributed by atoms with E-state index in [1.54, 1.807) is 24.3 Å². The second kappa shape index (κ2) is 13.1. The van der Waals surface area contributed by atoms with Crippen molar-refractivity contribution in [3.05, 3.63) is 70.8 Å². The number of carbonyl (C=O) groups is 4. The van der Waals surface area contributed by atoms with Gasteiger partial charge in [-0.05, 0) is 24.3 Å². The highest BCUT2D eigenvalue weighted by atomic mass is 16.6. The summed E-state index contributed by atoms with van der Waals surface area (Å²) >= 11 is 0. The van der Waals surface area contributed by atoms with E-state index in [1.807, 2.05) is 0 Å². The van der Waals surface area contributed by atoms with Crippen molar-refractivity contribution in [3.63, 3.8) is 0 Å². The van der Waals surface area contributed by atoms with Crippen molar-refractivity contribution in [2.45, 2.75) is 0 Å². The molecule has 180 valence electrons. The summed E-state index contributed by atoms with van der Waals surface area (Å²) in [5, 5.41) is 0. The average molecular weight is 472 g/mol. The van der Waals surface area contributed by atoms with Crippen LogP contribution < -0.4 is 0 Å². The molecule has 0 amide bonds. The third-order valence-electron chi connectivity index (χ3n) is 4.58. The van der Waals surface area contributed by atoms with Crippen LogP contribution in [0.25, 0.3) is 0 Å². The number of ether oxygens (including phenoxy) is 6. The van der Waals surface area contributed by atoms with Gasteiger partial charge < -0.3 is 28.4 Å². The van der Waals surface area contributed by atoms with Crippen molar-refractivity contribution >= 4 is 23.9 Å². The predicted octanol–water partition coefficient (Wildman–Crippen LogP) is 2.06. The minimum atomic E-state index is -0.695. The molecule has 1 aliphatic rings. The van der Waals surface area contributed by atoms with Gasteiger partial charge in [0.2, 0.25) is 0 Å². The first-order valence-corrected chi connectivity index (χ1v) is 10.6. The van der Waals surface area contributed by atoms with E-state index in [-0.39, 0.29) is 75.1 Å². The number of rotatable bonds is 0. The Morgan fingerprint density at radius 3 is 0.853 bits per heavy atom. The van der Waals surface area contributed by atoms with Crippen molar-refractivity contribution in [2.24, 2.45) is 0 Å². The van der Waals surface area contributed by atoms with Crippen LogP contribution in [0.2, 0.25) is 0 Å². The van der Waals surface area contributed by atoms with Crippen LogP contribution >= 0.6 is 0 Å². The van der Waals surface area contributed by atoms with Crippen LogP contribution in [-0.4, -0.2) is 76.7 Å². The Bertz CT molecular complexity index is 857. The molecular weight excluding hydrogens is 448 g/mol. The predicted molar refractivity (Wildman–Crippen MR) is 116 cm³/mol. The van der Waals surface area contributed by atoms with Gasteiger partial charge >= 0.3 is 23.9 Å². The Hall–Kier alpha value is -3.76. The molecule has 10 heteroatoms. The molecule has 0 fully saturated rings. The van der Waals surface area contributed by atoms with Crippen LogP contribution in [-0.2, 0) is 28.4 Å². The van der Waals surface area contributed by atoms with Crippen LogP contribution in [0, 0.1) is 0 Å². The highest BCUT2D eigenvalue weighted by Crippen LogP contribution is 2.13. The summed E-state index contributed by atoms with van der Waals surface area (Å²) in [5.74, 6) is -2.78. The van der Waals surface area contributed by atoms with Crippen LogP contribution in [0.1, 0.15) is 41.4 Å². The first kappa shape index (κ1) is 24.9. The Kier molecular flexibility index (Phi) is 9.56. The van der Waals surface area contributed by atoms with Gasteiger partial charge in [-0.2, -0.15) is 0 Å². The molecule has 1 heterocycles. The molecule has 1 aliphatic heterocycles. The van der Waals surface area contributed by atoms with Crippen molar-refractivity contribution < 1.29 is 47.6 Å². The molecule has 0 saturated heterocycles. The Balaban J connectivity index is 1.64. The third-order valence-corrected chi connectivity index (χ3v) is 4.58. The third kappa shape index (κ3) is 7.12. The maximum absolute atomic E-state index is 12.4. The Morgan fingerprint density at radius 1 is 0.382 bits per heavy atom. The van der Waals surface area contributed by atoms with E-state index in [0.717, 1.165) is 0 Å². The molecule has 0 bridgehead atoms. The molecule has 0 aromatic heterocycles. The largest absolute Gasteiger partial charge is 0.460 e. The summed E-state index contributed by atoms with van der Waals surface area (Å²) in [6, 6.07) is 12.2. The zero-order valence-electron chi connectivity index (χ0n) is 18.4. The number of hydrogen-bond donors (Lipinski definition) is 0. The summed E-state index contributed by atoms with van der Waals surface area (Å²) in [6.07, 6.45) is 0. The maximum atomic E-state index is 12.4. The number of benzene rings is 2. The smallest absolute Gasteiger partial charge is 0.339 e. The first-order chi connectivity index (χ1) is 16.6. The summed E-state index contributed by atoms with van der Waals surface area (Å²) in [4.78, 5) is 49.5. The van der Waals surface area contributed by atoms with Gasteiger partial charge in [0.15, 0.2) is 0 Å². The molecule has 0 unspecified atom stereocenters. The summed E-state index contributed by atoms with van der Waals surface area (Å²) in [7, 11) is 0. The lowest BCUT2D eigenvalue weighted by Crippen LogP contribution is -2.20. The Morgan fingerprint density at radius 2 is 0.618 bits per heavy atom. The Labute approximate surface area is 195 Å². The van der Waals surface area contributed by atoms with Crippen LogP contribution in [0.3, 0.4) is 0 Å². The monoisotopic (exact) mass is 472 g/mol. The van der Waals surface area contributed by atoms with Gasteiger partial charge in [0.05, 0.1) is 48.7 Å². The van der Waals surface area contributed by atoms with Crippen molar-refractivity contribution in [3.8, 4) is 0 Å². The maximum Gasteiger partial charge on any atom is 0.339 e. The SMILES string of the molecule is O=C1OCCOCCOC(=O)c2ccccc2C(=O)OCCOCCOC(=O)c2ccccc21. The number of hydrogen-bond acceptors (Lipinski definition) is 10. The fourth-order valence-corrected chi connectivity index (χ4v) is 2.97. The van der Waals surface area contributed by atoms with Crippen molar-refractivity contribution in [1.82, 2.24) is 0 Å². The first-order valence-electron chi connectivity index (χ1n) is 10.6. The summed E-state index contributed by atoms with van der Waals surface area (Å²) in [5.41, 5.74) is 0.260. The molecule has 0 aliphatic carbocycles. The standard InChI is InChI=1S/C24H24O10/c25-21-17-5-1-2-6-18(17)22(26)32-14-10-30-12-16-34-24(28)20-8-4-3-7-19(20)23(27)33-15-11-29-9-13-31-21/h1-8H,9-16H2. The molecule has 0 radical (unpaired) electrons. The number of cyclic esters (lactones) is 4. The molecule has 0 saturated carbocycles. The van der Waals surface area contributed by atoms with Crippen LogP contribution in [0.15, 0.2) is 48.5 Å². The van der Waals surface area contributed by atoms with Crippen molar-refractivity contribution in [2.75, 3.05) is 52.9 Å². The van der Waals surface area contributed by atoms with Gasteiger partial charge in [0, 0.05) is 0 Å². The molecular formula is C24H24O10. The highest BCUT2D eigenvalue weighted by Gasteiger charge is 2.20. The van der Waals surface area contributed by atoms with E-state index in [2.05, 4.69) is 0 Å². The highest BCUT2D eigenvalue weighted by molar-refractivity contribution is 6.03. The van der Waals surface area contributed by atoms with E-state index in [0.29, 0.717) is 0 Å². The van der Waals surface area contributed by atoms with Gasteiger partial charge in [0.1, 0.15) is 26.4 Å². The molecule has 3 rings (SSSR count). The minimum absolute atomic E-state index is 0.0517. The number of esters is 4. The van der Waals surface area contributed by atoms with E-state index < -0.39 is 23.9 Å². The van der Waals surface area contributed by atoms with E-state index >= 15 is 0 Å². The molecule has 34 heavy (non-hydrogen) atoms. The van der Waals surface area contributed by atoms with E-state index in [9.17, 15) is 19.2 Å². The second-order valence-corrected chi connectivity index (χ2v) is 6.86. The van der Waals surface area contributed by atoms with Crippen LogP contribution in [0.5, 0.6) is 0 Å². The zero-order valence-corrected chi connectivity index (χ0v) is 18.4. The topological polar surface area (TPSA) is 124 Å². The lowest BCUT2D eigenvalue weighted by atomic mass is 10.1. The number of fused-ring (bicyclic) bond motifs is 2. The van der Waals surface area contributed by atoms with Crippen LogP contribution in [0.4, 0.5) is 0 Å².